The summed E-state index contributed by atoms with van der Waals surface area (Å²) in [5.74, 6) is -0.976. The van der Waals surface area contributed by atoms with E-state index < -0.39 is 30.3 Å². The second kappa shape index (κ2) is 10.4. The Morgan fingerprint density at radius 3 is 2.42 bits per heavy atom. The van der Waals surface area contributed by atoms with Gasteiger partial charge in [-0.2, -0.15) is 5.26 Å². The van der Waals surface area contributed by atoms with Crippen molar-refractivity contribution < 1.29 is 18.3 Å². The molecule has 2 fully saturated rings. The van der Waals surface area contributed by atoms with Gasteiger partial charge in [-0.25, -0.2) is 13.6 Å². The number of alkyl halides is 2. The molecule has 2 rings (SSSR count). The third-order valence-corrected chi connectivity index (χ3v) is 4.74. The van der Waals surface area contributed by atoms with Crippen LogP contribution in [0.1, 0.15) is 59.3 Å². The minimum absolute atomic E-state index is 0.0739. The fourth-order valence-corrected chi connectivity index (χ4v) is 3.29. The third kappa shape index (κ3) is 6.22. The number of nitrogens with zero attached hydrogens (tertiary/aromatic N) is 1. The van der Waals surface area contributed by atoms with Gasteiger partial charge in [-0.05, 0) is 38.0 Å². The van der Waals surface area contributed by atoms with Crippen LogP contribution in [0.15, 0.2) is 12.2 Å². The van der Waals surface area contributed by atoms with E-state index in [0.717, 1.165) is 12.8 Å². The van der Waals surface area contributed by atoms with E-state index in [1.165, 1.54) is 6.08 Å². The standard InChI is InChI=1S/C17H23F2NO2.C2H6/c1-11-2-3-12(15(18)8-11)5-7-17(21)22-14-6-4-13(10-20)16(19)9-14;1-2/h5,7,11-16H,2-4,6,8-9H2,1H3;1-2H3. The maximum absolute atomic E-state index is 13.9. The Kier molecular flexibility index (Phi) is 8.95. The van der Waals surface area contributed by atoms with Crippen LogP contribution in [0, 0.1) is 29.1 Å². The van der Waals surface area contributed by atoms with Crippen molar-refractivity contribution in [3.05, 3.63) is 12.2 Å². The maximum atomic E-state index is 13.9. The summed E-state index contributed by atoms with van der Waals surface area (Å²) in [6, 6.07) is 1.93. The average Bonchev–Trinajstić information content (AvgIpc) is 2.56. The van der Waals surface area contributed by atoms with Gasteiger partial charge in [-0.15, -0.1) is 0 Å². The summed E-state index contributed by atoms with van der Waals surface area (Å²) in [6.07, 6.45) is 3.46. The maximum Gasteiger partial charge on any atom is 0.330 e. The molecule has 0 heterocycles. The van der Waals surface area contributed by atoms with E-state index in [1.807, 2.05) is 26.8 Å². The first-order valence-corrected chi connectivity index (χ1v) is 9.06. The zero-order chi connectivity index (χ0) is 18.1. The van der Waals surface area contributed by atoms with E-state index >= 15 is 0 Å². The molecule has 136 valence electrons. The lowest BCUT2D eigenvalue weighted by Crippen LogP contribution is -2.31. The van der Waals surface area contributed by atoms with E-state index in [2.05, 4.69) is 0 Å². The van der Waals surface area contributed by atoms with Crippen molar-refractivity contribution in [3.63, 3.8) is 0 Å². The van der Waals surface area contributed by atoms with Crippen LogP contribution >= 0.6 is 0 Å². The molecule has 24 heavy (non-hydrogen) atoms. The van der Waals surface area contributed by atoms with Gasteiger partial charge in [-0.1, -0.05) is 26.8 Å². The van der Waals surface area contributed by atoms with Crippen LogP contribution in [0.2, 0.25) is 0 Å². The molecule has 0 N–H and O–H groups in total. The van der Waals surface area contributed by atoms with Crippen molar-refractivity contribution in [1.29, 1.82) is 5.26 Å². The first-order chi connectivity index (χ1) is 11.5. The molecule has 0 amide bonds. The summed E-state index contributed by atoms with van der Waals surface area (Å²) < 4.78 is 32.7. The molecule has 3 nitrogen and oxygen atoms in total. The van der Waals surface area contributed by atoms with Crippen LogP contribution in [-0.2, 0) is 9.53 Å². The van der Waals surface area contributed by atoms with Gasteiger partial charge in [0.15, 0.2) is 0 Å². The molecule has 0 aromatic carbocycles. The van der Waals surface area contributed by atoms with Crippen LogP contribution in [0.25, 0.3) is 0 Å². The van der Waals surface area contributed by atoms with Crippen LogP contribution in [0.3, 0.4) is 0 Å². The number of esters is 1. The largest absolute Gasteiger partial charge is 0.459 e. The van der Waals surface area contributed by atoms with Crippen LogP contribution < -0.4 is 0 Å². The van der Waals surface area contributed by atoms with Crippen LogP contribution in [0.4, 0.5) is 8.78 Å². The summed E-state index contributed by atoms with van der Waals surface area (Å²) in [5.41, 5.74) is 0. The normalized spacial score (nSPS) is 36.3. The highest BCUT2D eigenvalue weighted by Crippen LogP contribution is 2.32. The predicted octanol–water partition coefficient (Wildman–Crippen LogP) is 4.92. The first-order valence-electron chi connectivity index (χ1n) is 9.06. The minimum atomic E-state index is -1.24. The summed E-state index contributed by atoms with van der Waals surface area (Å²) in [4.78, 5) is 11.8. The molecule has 0 bridgehead atoms. The van der Waals surface area contributed by atoms with Gasteiger partial charge in [0, 0.05) is 18.4 Å². The molecule has 5 heteroatoms. The number of halogens is 2. The number of hydrogen-bond acceptors (Lipinski definition) is 3. The van der Waals surface area contributed by atoms with E-state index in [1.54, 1.807) is 6.08 Å². The molecular weight excluding hydrogens is 312 g/mol. The molecule has 0 aromatic heterocycles. The highest BCUT2D eigenvalue weighted by atomic mass is 19.1. The number of ether oxygens (including phenoxy) is 1. The van der Waals surface area contributed by atoms with Crippen molar-refractivity contribution >= 4 is 5.97 Å². The first kappa shape index (κ1) is 20.6. The summed E-state index contributed by atoms with van der Waals surface area (Å²) in [6.45, 7) is 6.03. The second-order valence-electron chi connectivity index (χ2n) is 6.58. The molecule has 6 atom stereocenters. The van der Waals surface area contributed by atoms with Crippen molar-refractivity contribution in [2.75, 3.05) is 0 Å². The van der Waals surface area contributed by atoms with E-state index in [4.69, 9.17) is 10.00 Å². The monoisotopic (exact) mass is 341 g/mol. The van der Waals surface area contributed by atoms with E-state index in [9.17, 15) is 13.6 Å². The van der Waals surface area contributed by atoms with E-state index in [0.29, 0.717) is 25.2 Å². The Labute approximate surface area is 144 Å². The number of hydrogen-bond donors (Lipinski definition) is 0. The zero-order valence-corrected chi connectivity index (χ0v) is 14.9. The predicted molar refractivity (Wildman–Crippen MR) is 89.6 cm³/mol. The van der Waals surface area contributed by atoms with Gasteiger partial charge in [0.05, 0.1) is 12.0 Å². The molecule has 0 spiro atoms. The topological polar surface area (TPSA) is 50.1 Å². The van der Waals surface area contributed by atoms with Gasteiger partial charge < -0.3 is 4.74 Å². The van der Waals surface area contributed by atoms with Gasteiger partial charge in [0.25, 0.3) is 0 Å². The number of carbonyl (C=O) groups excluding carboxylic acids is 1. The molecule has 0 saturated heterocycles. The highest BCUT2D eigenvalue weighted by molar-refractivity contribution is 5.82. The number of carbonyl (C=O) groups is 1. The molecule has 0 aromatic rings. The Bertz CT molecular complexity index is 461. The third-order valence-electron chi connectivity index (χ3n) is 4.74. The molecule has 2 saturated carbocycles. The molecule has 6 unspecified atom stereocenters. The van der Waals surface area contributed by atoms with Gasteiger partial charge in [0.2, 0.25) is 0 Å². The van der Waals surface area contributed by atoms with E-state index in [-0.39, 0.29) is 12.3 Å². The van der Waals surface area contributed by atoms with Gasteiger partial charge >= 0.3 is 5.97 Å². The quantitative estimate of drug-likeness (QED) is 0.541. The molecular formula is C19H29F2NO2. The molecule has 2 aliphatic carbocycles. The Balaban J connectivity index is 0.00000139. The van der Waals surface area contributed by atoms with Crippen LogP contribution in [0.5, 0.6) is 0 Å². The Morgan fingerprint density at radius 2 is 1.83 bits per heavy atom. The van der Waals surface area contributed by atoms with Crippen LogP contribution in [-0.4, -0.2) is 24.4 Å². The lowest BCUT2D eigenvalue weighted by Gasteiger charge is -2.28. The van der Waals surface area contributed by atoms with Crippen molar-refractivity contribution in [2.24, 2.45) is 17.8 Å². The molecule has 0 aliphatic heterocycles. The summed E-state index contributed by atoms with van der Waals surface area (Å²) in [7, 11) is 0. The minimum Gasteiger partial charge on any atom is -0.459 e. The van der Waals surface area contributed by atoms with Gasteiger partial charge in [-0.3, -0.25) is 0 Å². The average molecular weight is 341 g/mol. The smallest absolute Gasteiger partial charge is 0.330 e. The van der Waals surface area contributed by atoms with Crippen molar-refractivity contribution in [3.8, 4) is 6.07 Å². The van der Waals surface area contributed by atoms with Gasteiger partial charge in [0.1, 0.15) is 18.4 Å². The van der Waals surface area contributed by atoms with Crippen molar-refractivity contribution in [1.82, 2.24) is 0 Å². The SMILES string of the molecule is CC.CC1CCC(C=CC(=O)OC2CCC(C#N)C(F)C2)C(F)C1. The summed E-state index contributed by atoms with van der Waals surface area (Å²) in [5, 5.41) is 8.76. The fourth-order valence-electron chi connectivity index (χ4n) is 3.29. The lowest BCUT2D eigenvalue weighted by molar-refractivity contribution is -0.145. The highest BCUT2D eigenvalue weighted by Gasteiger charge is 2.32. The molecule has 0 radical (unpaired) electrons. The Hall–Kier alpha value is -1.44. The fraction of sp³-hybridized carbons (Fsp3) is 0.789. The lowest BCUT2D eigenvalue weighted by atomic mass is 9.81. The number of rotatable bonds is 3. The Morgan fingerprint density at radius 1 is 1.12 bits per heavy atom. The van der Waals surface area contributed by atoms with Crippen molar-refractivity contribution in [2.45, 2.75) is 77.7 Å². The second-order valence-corrected chi connectivity index (χ2v) is 6.58. The summed E-state index contributed by atoms with van der Waals surface area (Å²) >= 11 is 0. The number of nitriles is 1. The zero-order valence-electron chi connectivity index (χ0n) is 14.9. The number of allylic oxidation sites excluding steroid dienone is 1. The molecule has 2 aliphatic rings.